The first-order chi connectivity index (χ1) is 15.1. The van der Waals surface area contributed by atoms with Crippen molar-refractivity contribution in [3.63, 3.8) is 0 Å². The van der Waals surface area contributed by atoms with Gasteiger partial charge in [0.2, 0.25) is 0 Å². The number of amides is 1. The molecule has 0 bridgehead atoms. The topological polar surface area (TPSA) is 42.2 Å². The van der Waals surface area contributed by atoms with Gasteiger partial charge in [0.1, 0.15) is 5.76 Å². The van der Waals surface area contributed by atoms with Crippen molar-refractivity contribution < 1.29 is 9.21 Å². The molecule has 0 spiro atoms. The Morgan fingerprint density at radius 1 is 0.969 bits per heavy atom. The Kier molecular flexibility index (Phi) is 5.79. The zero-order valence-electron chi connectivity index (χ0n) is 20.2. The van der Waals surface area contributed by atoms with Crippen LogP contribution in [-0.4, -0.2) is 5.91 Å². The van der Waals surface area contributed by atoms with E-state index >= 15 is 0 Å². The standard InChI is InChI=1S/C29H35NO2/c1-19-16-24-25(29(5,6)15-14-28(24,3)4)18-22(19)17-23-12-13-26(32-23)27(31)30-20(2)21-10-8-7-9-11-21/h7-13,16,18,20H,14-15,17H2,1-6H3,(H,30,31)/t20-/m1/s1. The van der Waals surface area contributed by atoms with Crippen molar-refractivity contribution in [1.29, 1.82) is 0 Å². The zero-order valence-corrected chi connectivity index (χ0v) is 20.2. The van der Waals surface area contributed by atoms with Crippen molar-refractivity contribution in [2.24, 2.45) is 0 Å². The highest BCUT2D eigenvalue weighted by Gasteiger charge is 2.37. The predicted molar refractivity (Wildman–Crippen MR) is 130 cm³/mol. The van der Waals surface area contributed by atoms with Gasteiger partial charge in [0.25, 0.3) is 5.91 Å². The SMILES string of the molecule is Cc1cc2c(cc1Cc1ccc(C(=O)N[C@H](C)c3ccccc3)o1)C(C)(C)CCC2(C)C. The molecule has 32 heavy (non-hydrogen) atoms. The van der Waals surface area contributed by atoms with E-state index in [0.29, 0.717) is 12.2 Å². The number of hydrogen-bond donors (Lipinski definition) is 1. The number of aryl methyl sites for hydroxylation is 1. The van der Waals surface area contributed by atoms with Gasteiger partial charge >= 0.3 is 0 Å². The van der Waals surface area contributed by atoms with E-state index in [-0.39, 0.29) is 22.8 Å². The number of benzene rings is 2. The molecule has 3 heteroatoms. The third-order valence-corrected chi connectivity index (χ3v) is 7.21. The Labute approximate surface area is 192 Å². The van der Waals surface area contributed by atoms with Crippen molar-refractivity contribution in [3.05, 3.63) is 93.9 Å². The number of carbonyl (C=O) groups is 1. The monoisotopic (exact) mass is 429 g/mol. The molecule has 2 aromatic carbocycles. The van der Waals surface area contributed by atoms with Crippen molar-refractivity contribution in [1.82, 2.24) is 5.32 Å². The predicted octanol–water partition coefficient (Wildman–Crippen LogP) is 7.02. The second-order valence-electron chi connectivity index (χ2n) is 10.6. The molecule has 3 nitrogen and oxygen atoms in total. The van der Waals surface area contributed by atoms with Crippen LogP contribution in [0.5, 0.6) is 0 Å². The molecule has 1 atom stereocenters. The van der Waals surface area contributed by atoms with E-state index in [1.54, 1.807) is 6.07 Å². The lowest BCUT2D eigenvalue weighted by Gasteiger charge is -2.42. The van der Waals surface area contributed by atoms with Crippen LogP contribution >= 0.6 is 0 Å². The minimum absolute atomic E-state index is 0.0780. The van der Waals surface area contributed by atoms with Gasteiger partial charge in [-0.05, 0) is 77.5 Å². The van der Waals surface area contributed by atoms with E-state index in [9.17, 15) is 4.79 Å². The molecule has 0 saturated carbocycles. The fraction of sp³-hybridized carbons (Fsp3) is 0.414. The van der Waals surface area contributed by atoms with Crippen LogP contribution in [0.2, 0.25) is 0 Å². The third-order valence-electron chi connectivity index (χ3n) is 7.21. The first kappa shape index (κ1) is 22.4. The first-order valence-corrected chi connectivity index (χ1v) is 11.7. The van der Waals surface area contributed by atoms with Gasteiger partial charge in [0.15, 0.2) is 5.76 Å². The summed E-state index contributed by atoms with van der Waals surface area (Å²) in [5.41, 5.74) is 6.94. The Morgan fingerprint density at radius 3 is 2.25 bits per heavy atom. The molecule has 1 aliphatic carbocycles. The number of furan rings is 1. The number of carbonyl (C=O) groups excluding carboxylic acids is 1. The summed E-state index contributed by atoms with van der Waals surface area (Å²) in [7, 11) is 0. The second-order valence-corrected chi connectivity index (χ2v) is 10.6. The van der Waals surface area contributed by atoms with Gasteiger partial charge in [-0.3, -0.25) is 4.79 Å². The van der Waals surface area contributed by atoms with Crippen molar-refractivity contribution in [3.8, 4) is 0 Å². The van der Waals surface area contributed by atoms with Crippen molar-refractivity contribution in [2.45, 2.75) is 77.7 Å². The Hall–Kier alpha value is -2.81. The Balaban J connectivity index is 1.53. The largest absolute Gasteiger partial charge is 0.456 e. The van der Waals surface area contributed by atoms with Gasteiger partial charge in [0.05, 0.1) is 6.04 Å². The minimum Gasteiger partial charge on any atom is -0.456 e. The van der Waals surface area contributed by atoms with Crippen LogP contribution in [0.3, 0.4) is 0 Å². The van der Waals surface area contributed by atoms with Crippen LogP contribution in [-0.2, 0) is 17.3 Å². The van der Waals surface area contributed by atoms with Crippen molar-refractivity contribution in [2.75, 3.05) is 0 Å². The van der Waals surface area contributed by atoms with Gasteiger partial charge in [-0.2, -0.15) is 0 Å². The third kappa shape index (κ3) is 4.39. The Bertz CT molecular complexity index is 1120. The molecule has 1 aromatic heterocycles. The molecule has 3 aromatic rings. The van der Waals surface area contributed by atoms with E-state index in [2.05, 4.69) is 52.1 Å². The summed E-state index contributed by atoms with van der Waals surface area (Å²) in [5, 5.41) is 3.03. The molecule has 0 unspecified atom stereocenters. The summed E-state index contributed by atoms with van der Waals surface area (Å²) >= 11 is 0. The summed E-state index contributed by atoms with van der Waals surface area (Å²) < 4.78 is 5.97. The molecule has 0 radical (unpaired) electrons. The second kappa shape index (κ2) is 8.27. The average Bonchev–Trinajstić information content (AvgIpc) is 3.22. The van der Waals surface area contributed by atoms with E-state index in [1.807, 2.05) is 43.3 Å². The van der Waals surface area contributed by atoms with E-state index in [4.69, 9.17) is 4.42 Å². The number of fused-ring (bicyclic) bond motifs is 1. The van der Waals surface area contributed by atoms with Crippen LogP contribution in [0.4, 0.5) is 0 Å². The fourth-order valence-corrected chi connectivity index (χ4v) is 4.83. The van der Waals surface area contributed by atoms with E-state index in [0.717, 1.165) is 11.3 Å². The van der Waals surface area contributed by atoms with Crippen molar-refractivity contribution >= 4 is 5.91 Å². The van der Waals surface area contributed by atoms with E-state index < -0.39 is 0 Å². The van der Waals surface area contributed by atoms with Gasteiger partial charge in [0, 0.05) is 6.42 Å². The van der Waals surface area contributed by atoms with Crippen LogP contribution in [0.1, 0.15) is 97.6 Å². The maximum Gasteiger partial charge on any atom is 0.287 e. The van der Waals surface area contributed by atoms with Gasteiger partial charge in [-0.1, -0.05) is 70.2 Å². The number of rotatable bonds is 5. The molecule has 0 fully saturated rings. The maximum atomic E-state index is 12.7. The molecular formula is C29H35NO2. The summed E-state index contributed by atoms with van der Waals surface area (Å²) in [6, 6.07) is 18.3. The molecule has 168 valence electrons. The van der Waals surface area contributed by atoms with Gasteiger partial charge in [-0.25, -0.2) is 0 Å². The molecule has 1 aliphatic rings. The molecule has 1 N–H and O–H groups in total. The molecule has 1 amide bonds. The zero-order chi connectivity index (χ0) is 23.1. The lowest BCUT2D eigenvalue weighted by atomic mass is 9.62. The maximum absolute atomic E-state index is 12.7. The quantitative estimate of drug-likeness (QED) is 0.473. The van der Waals surface area contributed by atoms with Crippen LogP contribution in [0, 0.1) is 6.92 Å². The van der Waals surface area contributed by atoms with Gasteiger partial charge < -0.3 is 9.73 Å². The molecule has 4 rings (SSSR count). The van der Waals surface area contributed by atoms with Crippen LogP contribution < -0.4 is 5.32 Å². The Morgan fingerprint density at radius 2 is 1.59 bits per heavy atom. The minimum atomic E-state index is -0.183. The highest BCUT2D eigenvalue weighted by atomic mass is 16.3. The van der Waals surface area contributed by atoms with Crippen LogP contribution in [0.25, 0.3) is 0 Å². The number of nitrogens with one attached hydrogen (secondary N) is 1. The summed E-state index contributed by atoms with van der Waals surface area (Å²) in [4.78, 5) is 12.7. The lowest BCUT2D eigenvalue weighted by Crippen LogP contribution is -2.34. The average molecular weight is 430 g/mol. The summed E-state index contributed by atoms with van der Waals surface area (Å²) in [6.45, 7) is 13.6. The highest BCUT2D eigenvalue weighted by Crippen LogP contribution is 2.46. The van der Waals surface area contributed by atoms with Gasteiger partial charge in [-0.15, -0.1) is 0 Å². The molecule has 0 saturated heterocycles. The molecular weight excluding hydrogens is 394 g/mol. The fourth-order valence-electron chi connectivity index (χ4n) is 4.83. The highest BCUT2D eigenvalue weighted by molar-refractivity contribution is 5.91. The summed E-state index contributed by atoms with van der Waals surface area (Å²) in [5.74, 6) is 0.996. The number of hydrogen-bond acceptors (Lipinski definition) is 2. The molecule has 1 heterocycles. The molecule has 0 aliphatic heterocycles. The smallest absolute Gasteiger partial charge is 0.287 e. The first-order valence-electron chi connectivity index (χ1n) is 11.7. The lowest BCUT2D eigenvalue weighted by molar-refractivity contribution is 0.0910. The summed E-state index contributed by atoms with van der Waals surface area (Å²) in [6.07, 6.45) is 3.10. The van der Waals surface area contributed by atoms with Crippen LogP contribution in [0.15, 0.2) is 59.0 Å². The van der Waals surface area contributed by atoms with E-state index in [1.165, 1.54) is 35.1 Å². The normalized spacial score (nSPS) is 17.4.